The average Bonchev–Trinajstić information content (AvgIpc) is 2.64. The fourth-order valence-corrected chi connectivity index (χ4v) is 4.22. The molecule has 1 saturated heterocycles. The summed E-state index contributed by atoms with van der Waals surface area (Å²) in [6.07, 6.45) is 5.69. The van der Waals surface area contributed by atoms with Crippen LogP contribution in [0.1, 0.15) is 19.3 Å². The number of ketones is 1. The number of piperidine rings is 1. The van der Waals surface area contributed by atoms with E-state index in [9.17, 15) is 9.59 Å². The van der Waals surface area contributed by atoms with Crippen LogP contribution in [0.4, 0.5) is 0 Å². The highest BCUT2D eigenvalue weighted by Crippen LogP contribution is 2.28. The second kappa shape index (κ2) is 11.7. The normalized spacial score (nSPS) is 19.0. The molecule has 2 heterocycles. The first-order chi connectivity index (χ1) is 12.5. The van der Waals surface area contributed by atoms with E-state index < -0.39 is 0 Å². The van der Waals surface area contributed by atoms with E-state index in [0.29, 0.717) is 22.3 Å². The number of halogens is 3. The Morgan fingerprint density at radius 3 is 2.86 bits per heavy atom. The Kier molecular flexibility index (Phi) is 10.7. The van der Waals surface area contributed by atoms with Crippen molar-refractivity contribution < 1.29 is 9.53 Å². The number of carbonyl (C=O) groups is 1. The number of ether oxygens (including phenoxy) is 1. The van der Waals surface area contributed by atoms with Crippen LogP contribution in [-0.4, -0.2) is 47.4 Å². The van der Waals surface area contributed by atoms with Crippen LogP contribution in [0.25, 0.3) is 10.9 Å². The molecule has 2 unspecified atom stereocenters. The molecule has 0 saturated carbocycles. The van der Waals surface area contributed by atoms with E-state index in [1.54, 1.807) is 19.2 Å². The summed E-state index contributed by atoms with van der Waals surface area (Å²) in [4.78, 5) is 30.4. The highest BCUT2D eigenvalue weighted by Gasteiger charge is 2.26. The van der Waals surface area contributed by atoms with Crippen LogP contribution in [0.2, 0.25) is 5.02 Å². The van der Waals surface area contributed by atoms with E-state index in [-0.39, 0.29) is 64.0 Å². The summed E-state index contributed by atoms with van der Waals surface area (Å²) in [5, 5.41) is 4.27. The number of fused-ring (bicyclic) bond motifs is 1. The molecule has 6 nitrogen and oxygen atoms in total. The molecule has 1 aliphatic rings. The van der Waals surface area contributed by atoms with Crippen molar-refractivity contribution in [2.75, 3.05) is 19.9 Å². The summed E-state index contributed by atoms with van der Waals surface area (Å²) in [7, 11) is 1.67. The summed E-state index contributed by atoms with van der Waals surface area (Å²) in [5.41, 5.74) is 0.332. The number of nitrogens with one attached hydrogen (secondary N) is 1. The van der Waals surface area contributed by atoms with Crippen molar-refractivity contribution in [1.29, 1.82) is 0 Å². The average molecular weight is 558 g/mol. The molecule has 3 rings (SSSR count). The van der Waals surface area contributed by atoms with Gasteiger partial charge in [-0.3, -0.25) is 14.2 Å². The predicted molar refractivity (Wildman–Crippen MR) is 125 cm³/mol. The van der Waals surface area contributed by atoms with E-state index in [0.717, 1.165) is 24.3 Å². The van der Waals surface area contributed by atoms with Crippen LogP contribution < -0.4 is 10.9 Å². The lowest BCUT2D eigenvalue weighted by Gasteiger charge is -2.31. The van der Waals surface area contributed by atoms with Gasteiger partial charge in [0, 0.05) is 24.5 Å². The largest absolute Gasteiger partial charge is 0.380 e. The SMILES string of the molecule is Br.Br.COC1CCCNC1CC(=O)Cn1cnc2cc(SC)c(Cl)cc2c1=O. The van der Waals surface area contributed by atoms with Gasteiger partial charge in [-0.15, -0.1) is 45.7 Å². The molecule has 10 heteroatoms. The maximum absolute atomic E-state index is 12.7. The molecule has 2 atom stereocenters. The van der Waals surface area contributed by atoms with Crippen LogP contribution in [0, 0.1) is 0 Å². The third-order valence-electron chi connectivity index (χ3n) is 4.72. The first kappa shape index (κ1) is 25.6. The monoisotopic (exact) mass is 555 g/mol. The van der Waals surface area contributed by atoms with Crippen LogP contribution in [0.15, 0.2) is 28.2 Å². The number of hydrogen-bond acceptors (Lipinski definition) is 6. The zero-order chi connectivity index (χ0) is 18.7. The lowest BCUT2D eigenvalue weighted by molar-refractivity contribution is -0.121. The van der Waals surface area contributed by atoms with Gasteiger partial charge < -0.3 is 10.1 Å². The highest BCUT2D eigenvalue weighted by atomic mass is 79.9. The Bertz CT molecular complexity index is 881. The molecular formula is C18H24Br2ClN3O3S. The van der Waals surface area contributed by atoms with Crippen molar-refractivity contribution in [2.24, 2.45) is 0 Å². The minimum atomic E-state index is -0.252. The molecular weight excluding hydrogens is 534 g/mol. The van der Waals surface area contributed by atoms with E-state index in [4.69, 9.17) is 16.3 Å². The van der Waals surface area contributed by atoms with Gasteiger partial charge in [-0.05, 0) is 37.8 Å². The number of aromatic nitrogens is 2. The molecule has 0 spiro atoms. The summed E-state index contributed by atoms with van der Waals surface area (Å²) in [5.74, 6) is -0.0264. The summed E-state index contributed by atoms with van der Waals surface area (Å²) < 4.78 is 6.81. The Balaban J connectivity index is 0.00000196. The van der Waals surface area contributed by atoms with Gasteiger partial charge in [0.05, 0.1) is 34.9 Å². The maximum atomic E-state index is 12.7. The molecule has 1 aliphatic heterocycles. The molecule has 2 aromatic rings. The minimum absolute atomic E-state index is 0. The number of hydrogen-bond donors (Lipinski definition) is 1. The molecule has 1 aromatic carbocycles. The van der Waals surface area contributed by atoms with E-state index in [1.807, 2.05) is 6.26 Å². The Morgan fingerprint density at radius 2 is 2.18 bits per heavy atom. The fraction of sp³-hybridized carbons (Fsp3) is 0.500. The third-order valence-corrected chi connectivity index (χ3v) is 5.92. The van der Waals surface area contributed by atoms with Gasteiger partial charge in [0.2, 0.25) is 0 Å². The van der Waals surface area contributed by atoms with Gasteiger partial charge >= 0.3 is 0 Å². The van der Waals surface area contributed by atoms with Gasteiger partial charge in [-0.1, -0.05) is 11.6 Å². The molecule has 0 aliphatic carbocycles. The maximum Gasteiger partial charge on any atom is 0.261 e. The summed E-state index contributed by atoms with van der Waals surface area (Å²) >= 11 is 7.71. The first-order valence-corrected chi connectivity index (χ1v) is 10.1. The lowest BCUT2D eigenvalue weighted by atomic mass is 9.96. The van der Waals surface area contributed by atoms with Crippen molar-refractivity contribution in [3.05, 3.63) is 33.8 Å². The molecule has 156 valence electrons. The third kappa shape index (κ3) is 5.79. The first-order valence-electron chi connectivity index (χ1n) is 8.54. The van der Waals surface area contributed by atoms with Crippen LogP contribution in [0.3, 0.4) is 0 Å². The number of carbonyl (C=O) groups excluding carboxylic acids is 1. The second-order valence-corrected chi connectivity index (χ2v) is 7.66. The van der Waals surface area contributed by atoms with Crippen molar-refractivity contribution in [2.45, 2.75) is 42.8 Å². The van der Waals surface area contributed by atoms with Gasteiger partial charge in [-0.25, -0.2) is 4.98 Å². The van der Waals surface area contributed by atoms with E-state index >= 15 is 0 Å². The Morgan fingerprint density at radius 1 is 1.43 bits per heavy atom. The second-order valence-electron chi connectivity index (χ2n) is 6.40. The van der Waals surface area contributed by atoms with E-state index in [1.165, 1.54) is 22.7 Å². The predicted octanol–water partition coefficient (Wildman–Crippen LogP) is 3.65. The van der Waals surface area contributed by atoms with Crippen LogP contribution in [0.5, 0.6) is 0 Å². The number of thioether (sulfide) groups is 1. The number of methoxy groups -OCH3 is 1. The van der Waals surface area contributed by atoms with Gasteiger partial charge in [0.25, 0.3) is 5.56 Å². The highest BCUT2D eigenvalue weighted by molar-refractivity contribution is 8.93. The zero-order valence-corrected chi connectivity index (χ0v) is 20.6. The van der Waals surface area contributed by atoms with Gasteiger partial charge in [0.1, 0.15) is 0 Å². The van der Waals surface area contributed by atoms with Crippen LogP contribution >= 0.6 is 57.3 Å². The Labute approximate surface area is 194 Å². The fourth-order valence-electron chi connectivity index (χ4n) is 3.34. The topological polar surface area (TPSA) is 73.2 Å². The summed E-state index contributed by atoms with van der Waals surface area (Å²) in [6, 6.07) is 3.41. The van der Waals surface area contributed by atoms with Crippen LogP contribution in [-0.2, 0) is 16.1 Å². The van der Waals surface area contributed by atoms with Gasteiger partial charge in [-0.2, -0.15) is 0 Å². The molecule has 0 amide bonds. The molecule has 1 N–H and O–H groups in total. The summed E-state index contributed by atoms with van der Waals surface area (Å²) in [6.45, 7) is 0.879. The van der Waals surface area contributed by atoms with E-state index in [2.05, 4.69) is 10.3 Å². The molecule has 1 aromatic heterocycles. The number of nitrogens with zero attached hydrogens (tertiary/aromatic N) is 2. The van der Waals surface area contributed by atoms with Crippen molar-refractivity contribution >= 4 is 74.0 Å². The van der Waals surface area contributed by atoms with Crippen molar-refractivity contribution in [3.63, 3.8) is 0 Å². The molecule has 1 fully saturated rings. The number of benzene rings is 1. The lowest BCUT2D eigenvalue weighted by Crippen LogP contribution is -2.47. The number of rotatable bonds is 6. The van der Waals surface area contributed by atoms with Crippen molar-refractivity contribution in [1.82, 2.24) is 14.9 Å². The minimum Gasteiger partial charge on any atom is -0.380 e. The zero-order valence-electron chi connectivity index (χ0n) is 15.6. The molecule has 0 radical (unpaired) electrons. The smallest absolute Gasteiger partial charge is 0.261 e. The van der Waals surface area contributed by atoms with Gasteiger partial charge in [0.15, 0.2) is 5.78 Å². The molecule has 28 heavy (non-hydrogen) atoms. The standard InChI is InChI=1S/C18H22ClN3O3S.2BrH/c1-25-16-4-3-5-20-15(16)6-11(23)9-22-10-21-14-8-17(26-2)13(19)7-12(14)18(22)24;;/h7-8,10,15-16,20H,3-6,9H2,1-2H3;2*1H. The number of Topliss-reactive ketones (excluding diaryl/α,β-unsaturated/α-hetero) is 1. The quantitative estimate of drug-likeness (QED) is 0.547. The Hall–Kier alpha value is -0.450. The molecule has 0 bridgehead atoms. The van der Waals surface area contributed by atoms with Crippen molar-refractivity contribution in [3.8, 4) is 0 Å².